The maximum Gasteiger partial charge on any atom is 0.309 e. The SMILES string of the molecule is CS(=O)(=O)Oc1ccc2c(ccn2CCCc2ccc(CC3(C(=O)O)CCCC3)cc2)c1. The van der Waals surface area contributed by atoms with Gasteiger partial charge in [-0.1, -0.05) is 37.1 Å². The Morgan fingerprint density at radius 3 is 2.41 bits per heavy atom. The van der Waals surface area contributed by atoms with Crippen molar-refractivity contribution in [3.63, 3.8) is 0 Å². The maximum absolute atomic E-state index is 11.8. The number of fused-ring (bicyclic) bond motifs is 1. The minimum absolute atomic E-state index is 0.320. The zero-order chi connectivity index (χ0) is 22.8. The van der Waals surface area contributed by atoms with Crippen LogP contribution in [0.25, 0.3) is 10.9 Å². The van der Waals surface area contributed by atoms with E-state index in [1.54, 1.807) is 12.1 Å². The van der Waals surface area contributed by atoms with E-state index in [9.17, 15) is 18.3 Å². The molecule has 0 radical (unpaired) electrons. The molecule has 4 rings (SSSR count). The number of aromatic nitrogens is 1. The number of aryl methyl sites for hydroxylation is 2. The Morgan fingerprint density at radius 1 is 1.06 bits per heavy atom. The van der Waals surface area contributed by atoms with Crippen molar-refractivity contribution in [3.8, 4) is 5.75 Å². The van der Waals surface area contributed by atoms with Crippen LogP contribution in [0, 0.1) is 5.41 Å². The van der Waals surface area contributed by atoms with Crippen LogP contribution < -0.4 is 4.18 Å². The molecule has 3 aromatic rings. The fourth-order valence-corrected chi connectivity index (χ4v) is 5.24. The summed E-state index contributed by atoms with van der Waals surface area (Å²) in [5, 5.41) is 10.6. The molecule has 1 saturated carbocycles. The van der Waals surface area contributed by atoms with E-state index in [4.69, 9.17) is 4.18 Å². The third-order valence-corrected chi connectivity index (χ3v) is 6.93. The molecule has 32 heavy (non-hydrogen) atoms. The van der Waals surface area contributed by atoms with E-state index >= 15 is 0 Å². The van der Waals surface area contributed by atoms with Crippen LogP contribution in [0.3, 0.4) is 0 Å². The summed E-state index contributed by atoms with van der Waals surface area (Å²) in [6.45, 7) is 0.847. The molecule has 0 saturated heterocycles. The topological polar surface area (TPSA) is 85.6 Å². The third kappa shape index (κ3) is 5.15. The smallest absolute Gasteiger partial charge is 0.309 e. The second kappa shape index (κ2) is 8.98. The van der Waals surface area contributed by atoms with Gasteiger partial charge in [0.1, 0.15) is 5.75 Å². The Kier molecular flexibility index (Phi) is 6.29. The first-order valence-corrected chi connectivity index (χ1v) is 12.9. The van der Waals surface area contributed by atoms with Crippen LogP contribution in [0.1, 0.15) is 43.2 Å². The highest BCUT2D eigenvalue weighted by atomic mass is 32.2. The lowest BCUT2D eigenvalue weighted by Crippen LogP contribution is -2.30. The van der Waals surface area contributed by atoms with Crippen molar-refractivity contribution in [2.75, 3.05) is 6.26 Å². The maximum atomic E-state index is 11.8. The van der Waals surface area contributed by atoms with Gasteiger partial charge in [0.15, 0.2) is 0 Å². The van der Waals surface area contributed by atoms with Crippen molar-refractivity contribution < 1.29 is 22.5 Å². The van der Waals surface area contributed by atoms with E-state index in [0.29, 0.717) is 12.2 Å². The average molecular weight is 456 g/mol. The second-order valence-corrected chi connectivity index (χ2v) is 10.5. The van der Waals surface area contributed by atoms with Crippen LogP contribution in [0.5, 0.6) is 5.75 Å². The van der Waals surface area contributed by atoms with Crippen molar-refractivity contribution in [3.05, 3.63) is 65.9 Å². The lowest BCUT2D eigenvalue weighted by Gasteiger charge is -2.23. The van der Waals surface area contributed by atoms with E-state index in [-0.39, 0.29) is 0 Å². The molecule has 6 nitrogen and oxygen atoms in total. The molecule has 2 aromatic carbocycles. The third-order valence-electron chi connectivity index (χ3n) is 6.43. The molecule has 0 spiro atoms. The Hall–Kier alpha value is -2.80. The summed E-state index contributed by atoms with van der Waals surface area (Å²) in [6, 6.07) is 15.6. The van der Waals surface area contributed by atoms with Gasteiger partial charge in [-0.15, -0.1) is 0 Å². The summed E-state index contributed by atoms with van der Waals surface area (Å²) < 4.78 is 29.8. The van der Waals surface area contributed by atoms with E-state index in [2.05, 4.69) is 28.8 Å². The summed E-state index contributed by atoms with van der Waals surface area (Å²) >= 11 is 0. The fraction of sp³-hybridized carbons (Fsp3) is 0.400. The monoisotopic (exact) mass is 455 g/mol. The van der Waals surface area contributed by atoms with Gasteiger partial charge in [0.25, 0.3) is 0 Å². The molecule has 1 aromatic heterocycles. The molecule has 1 N–H and O–H groups in total. The van der Waals surface area contributed by atoms with Gasteiger partial charge >= 0.3 is 16.1 Å². The number of rotatable bonds is 9. The van der Waals surface area contributed by atoms with Gasteiger partial charge in [0, 0.05) is 23.6 Å². The van der Waals surface area contributed by atoms with Crippen molar-refractivity contribution in [1.29, 1.82) is 0 Å². The van der Waals surface area contributed by atoms with E-state index < -0.39 is 21.5 Å². The first-order valence-electron chi connectivity index (χ1n) is 11.0. The van der Waals surface area contributed by atoms with Crippen LogP contribution in [0.4, 0.5) is 0 Å². The first-order chi connectivity index (χ1) is 15.2. The molecular weight excluding hydrogens is 426 g/mol. The van der Waals surface area contributed by atoms with Gasteiger partial charge in [-0.3, -0.25) is 4.79 Å². The standard InChI is InChI=1S/C25H29NO5S/c1-32(29,30)31-22-10-11-23-21(17-22)12-16-26(23)15-4-5-19-6-8-20(9-7-19)18-25(24(27)28)13-2-3-14-25/h6-12,16-17H,2-5,13-15,18H2,1H3,(H,27,28). The van der Waals surface area contributed by atoms with E-state index in [1.807, 2.05) is 18.3 Å². The van der Waals surface area contributed by atoms with Gasteiger partial charge in [0.05, 0.1) is 11.7 Å². The van der Waals surface area contributed by atoms with Gasteiger partial charge in [-0.2, -0.15) is 8.42 Å². The molecule has 0 unspecified atom stereocenters. The van der Waals surface area contributed by atoms with Crippen LogP contribution in [-0.2, 0) is 34.3 Å². The quantitative estimate of drug-likeness (QED) is 0.469. The molecule has 170 valence electrons. The highest BCUT2D eigenvalue weighted by Gasteiger charge is 2.41. The summed E-state index contributed by atoms with van der Waals surface area (Å²) in [7, 11) is -3.54. The summed E-state index contributed by atoms with van der Waals surface area (Å²) in [5.74, 6) is -0.340. The van der Waals surface area contributed by atoms with E-state index in [0.717, 1.165) is 67.8 Å². The number of aliphatic carboxylic acids is 1. The summed E-state index contributed by atoms with van der Waals surface area (Å²) in [4.78, 5) is 11.8. The number of hydrogen-bond acceptors (Lipinski definition) is 4. The minimum atomic E-state index is -3.54. The van der Waals surface area contributed by atoms with E-state index in [1.165, 1.54) is 5.56 Å². The lowest BCUT2D eigenvalue weighted by molar-refractivity contribution is -0.148. The van der Waals surface area contributed by atoms with Crippen LogP contribution in [0.15, 0.2) is 54.7 Å². The van der Waals surface area contributed by atoms with Crippen LogP contribution in [-0.4, -0.2) is 30.3 Å². The zero-order valence-corrected chi connectivity index (χ0v) is 19.1. The van der Waals surface area contributed by atoms with Gasteiger partial charge in [0.2, 0.25) is 0 Å². The Bertz CT molecular complexity index is 1200. The molecule has 0 amide bonds. The Labute approximate surface area is 189 Å². The summed E-state index contributed by atoms with van der Waals surface area (Å²) in [5.41, 5.74) is 2.80. The van der Waals surface area contributed by atoms with Gasteiger partial charge in [-0.05, 0) is 67.5 Å². The largest absolute Gasteiger partial charge is 0.481 e. The predicted octanol–water partition coefficient (Wildman–Crippen LogP) is 4.80. The highest BCUT2D eigenvalue weighted by Crippen LogP contribution is 2.41. The molecular formula is C25H29NO5S. The number of carbonyl (C=O) groups is 1. The predicted molar refractivity (Wildman–Crippen MR) is 124 cm³/mol. The highest BCUT2D eigenvalue weighted by molar-refractivity contribution is 7.86. The average Bonchev–Trinajstić information content (AvgIpc) is 3.36. The molecule has 1 heterocycles. The minimum Gasteiger partial charge on any atom is -0.481 e. The Balaban J connectivity index is 1.34. The molecule has 0 aliphatic heterocycles. The fourth-order valence-electron chi connectivity index (χ4n) is 4.79. The second-order valence-electron chi connectivity index (χ2n) is 8.91. The van der Waals surface area contributed by atoms with Gasteiger partial charge < -0.3 is 13.9 Å². The molecule has 0 bridgehead atoms. The zero-order valence-electron chi connectivity index (χ0n) is 18.3. The van der Waals surface area contributed by atoms with Crippen molar-refractivity contribution in [2.45, 2.75) is 51.5 Å². The molecule has 1 fully saturated rings. The number of hydrogen-bond donors (Lipinski definition) is 1. The van der Waals surface area contributed by atoms with Crippen LogP contribution >= 0.6 is 0 Å². The number of carboxylic acid groups (broad SMARTS) is 1. The number of nitrogens with zero attached hydrogens (tertiary/aromatic N) is 1. The van der Waals surface area contributed by atoms with Crippen molar-refractivity contribution in [2.24, 2.45) is 5.41 Å². The van der Waals surface area contributed by atoms with Gasteiger partial charge in [-0.25, -0.2) is 0 Å². The summed E-state index contributed by atoms with van der Waals surface area (Å²) in [6.07, 6.45) is 9.10. The molecule has 7 heteroatoms. The normalized spacial score (nSPS) is 15.8. The number of benzene rings is 2. The molecule has 0 atom stereocenters. The van der Waals surface area contributed by atoms with Crippen molar-refractivity contribution >= 4 is 27.0 Å². The van der Waals surface area contributed by atoms with Crippen LogP contribution in [0.2, 0.25) is 0 Å². The lowest BCUT2D eigenvalue weighted by atomic mass is 9.80. The molecule has 1 aliphatic rings. The van der Waals surface area contributed by atoms with Crippen molar-refractivity contribution in [1.82, 2.24) is 4.57 Å². The number of carboxylic acids is 1. The molecule has 1 aliphatic carbocycles. The first kappa shape index (κ1) is 22.4. The Morgan fingerprint density at radius 2 is 1.75 bits per heavy atom.